The normalized spacial score (nSPS) is 15.7. The minimum Gasteiger partial charge on any atom is -0.480 e. The maximum atomic E-state index is 11.8. The smallest absolute Gasteiger partial charge is 0.326 e. The van der Waals surface area contributed by atoms with E-state index in [0.717, 1.165) is 6.42 Å². The summed E-state index contributed by atoms with van der Waals surface area (Å²) in [4.78, 5) is 35.3. The van der Waals surface area contributed by atoms with Crippen LogP contribution in [-0.4, -0.2) is 54.2 Å². The predicted molar refractivity (Wildman–Crippen MR) is 66.5 cm³/mol. The fourth-order valence-electron chi connectivity index (χ4n) is 1.69. The number of nitrogens with one attached hydrogen (secondary N) is 1. The van der Waals surface area contributed by atoms with Gasteiger partial charge in [-0.3, -0.25) is 4.79 Å². The molecule has 0 spiro atoms. The Bertz CT molecular complexity index is 380. The molecule has 0 aromatic heterocycles. The molecule has 0 aromatic rings. The van der Waals surface area contributed by atoms with E-state index in [-0.39, 0.29) is 12.8 Å². The number of hydrogen-bond acceptors (Lipinski definition) is 4. The summed E-state index contributed by atoms with van der Waals surface area (Å²) >= 11 is 0. The van der Waals surface area contributed by atoms with E-state index in [2.05, 4.69) is 10.1 Å². The van der Waals surface area contributed by atoms with E-state index < -0.39 is 24.0 Å². The minimum absolute atomic E-state index is 0.0113. The third-order valence-electron chi connectivity index (χ3n) is 2.81. The molecule has 106 valence electrons. The summed E-state index contributed by atoms with van der Waals surface area (Å²) in [6.07, 6.45) is 4.54. The van der Waals surface area contributed by atoms with Gasteiger partial charge in [-0.2, -0.15) is 0 Å². The molecule has 1 aliphatic heterocycles. The first kappa shape index (κ1) is 15.0. The van der Waals surface area contributed by atoms with Gasteiger partial charge >= 0.3 is 18.0 Å². The molecule has 1 heterocycles. The van der Waals surface area contributed by atoms with Crippen LogP contribution in [0.15, 0.2) is 12.2 Å². The second kappa shape index (κ2) is 7.40. The first-order valence-corrected chi connectivity index (χ1v) is 6.04. The Balaban J connectivity index is 2.48. The summed E-state index contributed by atoms with van der Waals surface area (Å²) in [5.41, 5.74) is 0. The van der Waals surface area contributed by atoms with Gasteiger partial charge in [0.25, 0.3) is 0 Å². The number of nitrogens with zero attached hydrogens (tertiary/aromatic N) is 1. The van der Waals surface area contributed by atoms with Crippen molar-refractivity contribution in [2.45, 2.75) is 25.3 Å². The number of aliphatic carboxylic acids is 1. The van der Waals surface area contributed by atoms with Crippen LogP contribution in [-0.2, 0) is 14.3 Å². The van der Waals surface area contributed by atoms with E-state index in [4.69, 9.17) is 5.11 Å². The van der Waals surface area contributed by atoms with Gasteiger partial charge in [-0.25, -0.2) is 9.59 Å². The fraction of sp³-hybridized carbons (Fsp3) is 0.583. The first-order valence-electron chi connectivity index (χ1n) is 6.04. The van der Waals surface area contributed by atoms with Crippen molar-refractivity contribution >= 4 is 18.0 Å². The van der Waals surface area contributed by atoms with Gasteiger partial charge in [0.1, 0.15) is 6.04 Å². The molecule has 0 unspecified atom stereocenters. The minimum atomic E-state index is -1.16. The number of hydrogen-bond donors (Lipinski definition) is 2. The van der Waals surface area contributed by atoms with Crippen LogP contribution in [0.25, 0.3) is 0 Å². The Labute approximate surface area is 111 Å². The zero-order valence-electron chi connectivity index (χ0n) is 10.8. The van der Waals surface area contributed by atoms with E-state index in [1.54, 1.807) is 0 Å². The first-order chi connectivity index (χ1) is 9.04. The number of esters is 1. The maximum Gasteiger partial charge on any atom is 0.326 e. The number of carbonyl (C=O) groups is 3. The number of ether oxygens (including phenoxy) is 1. The highest BCUT2D eigenvalue weighted by molar-refractivity contribution is 5.83. The van der Waals surface area contributed by atoms with Crippen LogP contribution in [0.2, 0.25) is 0 Å². The molecule has 7 nitrogen and oxygen atoms in total. The largest absolute Gasteiger partial charge is 0.480 e. The Hall–Kier alpha value is -2.05. The number of urea groups is 1. The average molecular weight is 270 g/mol. The van der Waals surface area contributed by atoms with E-state index >= 15 is 0 Å². The van der Waals surface area contributed by atoms with Crippen molar-refractivity contribution < 1.29 is 24.2 Å². The molecule has 0 saturated heterocycles. The molecule has 0 radical (unpaired) electrons. The summed E-state index contributed by atoms with van der Waals surface area (Å²) in [5, 5.41) is 11.4. The highest BCUT2D eigenvalue weighted by Gasteiger charge is 2.24. The maximum absolute atomic E-state index is 11.8. The third kappa shape index (κ3) is 4.99. The molecule has 1 aliphatic rings. The standard InChI is InChI=1S/C12H18N2O5/c1-19-10(15)6-5-9(11(16)17)13-12(18)14-7-3-2-4-8-14/h2-3,9H,4-8H2,1H3,(H,13,18)(H,16,17)/t9-/m0/s1. The van der Waals surface area contributed by atoms with Gasteiger partial charge in [-0.05, 0) is 12.8 Å². The fourth-order valence-corrected chi connectivity index (χ4v) is 1.69. The molecule has 1 rings (SSSR count). The average Bonchev–Trinajstić information content (AvgIpc) is 2.43. The summed E-state index contributed by atoms with van der Waals surface area (Å²) in [7, 11) is 1.23. The van der Waals surface area contributed by atoms with Crippen molar-refractivity contribution in [3.63, 3.8) is 0 Å². The number of amides is 2. The van der Waals surface area contributed by atoms with Crippen molar-refractivity contribution in [1.82, 2.24) is 10.2 Å². The van der Waals surface area contributed by atoms with Crippen molar-refractivity contribution in [3.8, 4) is 0 Å². The van der Waals surface area contributed by atoms with Gasteiger partial charge < -0.3 is 20.1 Å². The van der Waals surface area contributed by atoms with Crippen LogP contribution in [0, 0.1) is 0 Å². The number of carboxylic acid groups (broad SMARTS) is 1. The van der Waals surface area contributed by atoms with Crippen LogP contribution in [0.5, 0.6) is 0 Å². The molecule has 0 aromatic carbocycles. The Morgan fingerprint density at radius 1 is 1.42 bits per heavy atom. The van der Waals surface area contributed by atoms with Crippen molar-refractivity contribution in [3.05, 3.63) is 12.2 Å². The zero-order chi connectivity index (χ0) is 14.3. The Morgan fingerprint density at radius 3 is 2.68 bits per heavy atom. The van der Waals surface area contributed by atoms with Crippen molar-refractivity contribution in [2.24, 2.45) is 0 Å². The molecule has 19 heavy (non-hydrogen) atoms. The van der Waals surface area contributed by atoms with Crippen molar-refractivity contribution in [2.75, 3.05) is 20.2 Å². The van der Waals surface area contributed by atoms with Crippen LogP contribution >= 0.6 is 0 Å². The summed E-state index contributed by atoms with van der Waals surface area (Å²) in [6.45, 7) is 1.03. The SMILES string of the molecule is COC(=O)CC[C@H](NC(=O)N1CC=CCC1)C(=O)O. The highest BCUT2D eigenvalue weighted by atomic mass is 16.5. The number of carbonyl (C=O) groups excluding carboxylic acids is 2. The summed E-state index contributed by atoms with van der Waals surface area (Å²) < 4.78 is 4.44. The molecule has 0 fully saturated rings. The van der Waals surface area contributed by atoms with Crippen LogP contribution < -0.4 is 5.32 Å². The van der Waals surface area contributed by atoms with Gasteiger partial charge in [0.05, 0.1) is 7.11 Å². The van der Waals surface area contributed by atoms with Crippen LogP contribution in [0.3, 0.4) is 0 Å². The number of rotatable bonds is 5. The molecule has 0 bridgehead atoms. The molecule has 0 aliphatic carbocycles. The van der Waals surface area contributed by atoms with Gasteiger partial charge in [0.15, 0.2) is 0 Å². The molecule has 2 amide bonds. The second-order valence-corrected chi connectivity index (χ2v) is 4.16. The Morgan fingerprint density at radius 2 is 2.16 bits per heavy atom. The third-order valence-corrected chi connectivity index (χ3v) is 2.81. The van der Waals surface area contributed by atoms with Crippen LogP contribution in [0.1, 0.15) is 19.3 Å². The topological polar surface area (TPSA) is 95.9 Å². The monoisotopic (exact) mass is 270 g/mol. The lowest BCUT2D eigenvalue weighted by Gasteiger charge is -2.25. The lowest BCUT2D eigenvalue weighted by atomic mass is 10.1. The van der Waals surface area contributed by atoms with Gasteiger partial charge in [-0.15, -0.1) is 0 Å². The van der Waals surface area contributed by atoms with E-state index in [9.17, 15) is 14.4 Å². The molecule has 7 heteroatoms. The van der Waals surface area contributed by atoms with Gasteiger partial charge in [0.2, 0.25) is 0 Å². The molecule has 0 saturated carbocycles. The second-order valence-electron chi connectivity index (χ2n) is 4.16. The summed E-state index contributed by atoms with van der Waals surface area (Å²) in [5.74, 6) is -1.66. The van der Waals surface area contributed by atoms with Gasteiger partial charge in [-0.1, -0.05) is 12.2 Å². The Kier molecular flexibility index (Phi) is 5.84. The van der Waals surface area contributed by atoms with E-state index in [1.807, 2.05) is 12.2 Å². The van der Waals surface area contributed by atoms with E-state index in [1.165, 1.54) is 12.0 Å². The highest BCUT2D eigenvalue weighted by Crippen LogP contribution is 2.04. The lowest BCUT2D eigenvalue weighted by molar-refractivity contribution is -0.142. The number of methoxy groups -OCH3 is 1. The van der Waals surface area contributed by atoms with Gasteiger partial charge in [0, 0.05) is 19.5 Å². The molecule has 2 N–H and O–H groups in total. The molecular weight excluding hydrogens is 252 g/mol. The molecular formula is C12H18N2O5. The van der Waals surface area contributed by atoms with Crippen LogP contribution in [0.4, 0.5) is 4.79 Å². The lowest BCUT2D eigenvalue weighted by Crippen LogP contribution is -2.49. The summed E-state index contributed by atoms with van der Waals surface area (Å²) in [6, 6.07) is -1.51. The zero-order valence-corrected chi connectivity index (χ0v) is 10.8. The number of carboxylic acids is 1. The quantitative estimate of drug-likeness (QED) is 0.555. The molecule has 1 atom stereocenters. The van der Waals surface area contributed by atoms with E-state index in [0.29, 0.717) is 13.1 Å². The predicted octanol–water partition coefficient (Wildman–Crippen LogP) is 0.364. The van der Waals surface area contributed by atoms with Crippen molar-refractivity contribution in [1.29, 1.82) is 0 Å².